The van der Waals surface area contributed by atoms with E-state index in [4.69, 9.17) is 19.4 Å². The maximum atomic E-state index is 6.56. The molecule has 0 aliphatic carbocycles. The van der Waals surface area contributed by atoms with E-state index in [0.717, 1.165) is 60.9 Å². The lowest BCUT2D eigenvalue weighted by atomic mass is 10.0. The minimum atomic E-state index is 0.576. The van der Waals surface area contributed by atoms with Crippen LogP contribution in [0, 0.1) is 0 Å². The molecular formula is C51H30N4OS. The number of benzene rings is 8. The molecule has 0 bridgehead atoms. The van der Waals surface area contributed by atoms with Gasteiger partial charge in [-0.05, 0) is 47.5 Å². The van der Waals surface area contributed by atoms with E-state index < -0.39 is 0 Å². The zero-order valence-electron chi connectivity index (χ0n) is 30.4. The molecule has 8 aromatic carbocycles. The molecule has 0 aliphatic rings. The molecule has 0 unspecified atom stereocenters. The average molecular weight is 747 g/mol. The molecule has 0 spiro atoms. The van der Waals surface area contributed by atoms with Crippen molar-refractivity contribution in [3.63, 3.8) is 0 Å². The van der Waals surface area contributed by atoms with Crippen LogP contribution in [0.3, 0.4) is 0 Å². The van der Waals surface area contributed by atoms with E-state index in [9.17, 15) is 0 Å². The third kappa shape index (κ3) is 4.98. The van der Waals surface area contributed by atoms with Crippen molar-refractivity contribution in [2.24, 2.45) is 0 Å². The number of rotatable bonds is 5. The minimum absolute atomic E-state index is 0.576. The van der Waals surface area contributed by atoms with Crippen LogP contribution in [0.5, 0.6) is 0 Å². The largest absolute Gasteiger partial charge is 0.456 e. The first-order valence-corrected chi connectivity index (χ1v) is 19.8. The van der Waals surface area contributed by atoms with Crippen LogP contribution in [0.2, 0.25) is 0 Å². The molecule has 0 saturated carbocycles. The molecule has 6 heteroatoms. The fourth-order valence-corrected chi connectivity index (χ4v) is 9.75. The molecule has 0 saturated heterocycles. The molecule has 12 rings (SSSR count). The summed E-state index contributed by atoms with van der Waals surface area (Å²) in [6, 6.07) is 63.7. The third-order valence-corrected chi connectivity index (χ3v) is 12.3. The quantitative estimate of drug-likeness (QED) is 0.176. The van der Waals surface area contributed by atoms with Crippen molar-refractivity contribution in [1.82, 2.24) is 19.5 Å². The first-order valence-electron chi connectivity index (χ1n) is 19.0. The number of thiophene rings is 1. The van der Waals surface area contributed by atoms with Crippen molar-refractivity contribution in [3.8, 4) is 51.0 Å². The van der Waals surface area contributed by atoms with Gasteiger partial charge in [-0.3, -0.25) is 0 Å². The molecule has 0 amide bonds. The molecule has 57 heavy (non-hydrogen) atoms. The first-order chi connectivity index (χ1) is 28.3. The summed E-state index contributed by atoms with van der Waals surface area (Å²) in [4.78, 5) is 15.7. The Morgan fingerprint density at radius 3 is 1.84 bits per heavy atom. The van der Waals surface area contributed by atoms with Gasteiger partial charge in [-0.25, -0.2) is 15.0 Å². The summed E-state index contributed by atoms with van der Waals surface area (Å²) >= 11 is 1.86. The fraction of sp³-hybridized carbons (Fsp3) is 0. The highest BCUT2D eigenvalue weighted by Gasteiger charge is 2.25. The zero-order chi connectivity index (χ0) is 37.5. The van der Waals surface area contributed by atoms with Crippen molar-refractivity contribution in [3.05, 3.63) is 182 Å². The maximum absolute atomic E-state index is 6.56. The van der Waals surface area contributed by atoms with Gasteiger partial charge in [0.2, 0.25) is 0 Å². The molecule has 266 valence electrons. The molecule has 0 atom stereocenters. The van der Waals surface area contributed by atoms with Gasteiger partial charge in [0.1, 0.15) is 11.2 Å². The number of fused-ring (bicyclic) bond motifs is 9. The van der Waals surface area contributed by atoms with Crippen LogP contribution in [-0.2, 0) is 0 Å². The Bertz CT molecular complexity index is 3470. The highest BCUT2D eigenvalue weighted by Crippen LogP contribution is 2.45. The van der Waals surface area contributed by atoms with E-state index >= 15 is 0 Å². The summed E-state index contributed by atoms with van der Waals surface area (Å²) in [6.07, 6.45) is 0. The second-order valence-corrected chi connectivity index (χ2v) is 15.4. The molecule has 0 fully saturated rings. The van der Waals surface area contributed by atoms with Gasteiger partial charge in [0.05, 0.1) is 22.3 Å². The average Bonchev–Trinajstić information content (AvgIpc) is 3.96. The number of hydrogen-bond donors (Lipinski definition) is 0. The Morgan fingerprint density at radius 1 is 0.421 bits per heavy atom. The standard InChI is InChI=1S/C51H30N4OS/c1-3-14-31(15-4-1)49-52-50(32-16-5-2-6-17-32)54-51(53-49)47-41(28-29-44-46(47)39-20-8-11-24-43(39)56-44)55-40-23-10-7-18-35(40)36-27-26-33(30-42(36)55)34-21-13-22-38-37-19-9-12-25-45(37)57-48(34)38/h1-30H. The van der Waals surface area contributed by atoms with E-state index in [2.05, 4.69) is 114 Å². The van der Waals surface area contributed by atoms with Gasteiger partial charge in [-0.2, -0.15) is 0 Å². The monoisotopic (exact) mass is 746 g/mol. The molecular weight excluding hydrogens is 717 g/mol. The molecule has 4 aromatic heterocycles. The summed E-state index contributed by atoms with van der Waals surface area (Å²) in [5.74, 6) is 1.79. The summed E-state index contributed by atoms with van der Waals surface area (Å²) in [5, 5.41) is 6.89. The molecule has 0 aliphatic heterocycles. The summed E-state index contributed by atoms with van der Waals surface area (Å²) < 4.78 is 11.5. The number of nitrogens with zero attached hydrogens (tertiary/aromatic N) is 4. The first kappa shape index (κ1) is 31.9. The van der Waals surface area contributed by atoms with Crippen molar-refractivity contribution < 1.29 is 4.42 Å². The maximum Gasteiger partial charge on any atom is 0.166 e. The zero-order valence-corrected chi connectivity index (χ0v) is 31.2. The van der Waals surface area contributed by atoms with Crippen LogP contribution in [0.1, 0.15) is 0 Å². The highest BCUT2D eigenvalue weighted by molar-refractivity contribution is 7.26. The van der Waals surface area contributed by atoms with Crippen LogP contribution >= 0.6 is 11.3 Å². The van der Waals surface area contributed by atoms with Crippen molar-refractivity contribution in [1.29, 1.82) is 0 Å². The van der Waals surface area contributed by atoms with E-state index in [0.29, 0.717) is 17.5 Å². The van der Waals surface area contributed by atoms with Crippen molar-refractivity contribution in [2.45, 2.75) is 0 Å². The Hall–Kier alpha value is -7.41. The topological polar surface area (TPSA) is 56.7 Å². The van der Waals surface area contributed by atoms with E-state index in [1.54, 1.807) is 0 Å². The van der Waals surface area contributed by atoms with Crippen LogP contribution in [0.15, 0.2) is 186 Å². The SMILES string of the molecule is c1ccc(-c2nc(-c3ccccc3)nc(-c3c(-n4c5ccccc5c5ccc(-c6cccc7c6sc6ccccc67)cc54)ccc4oc5ccccc5c34)n2)cc1. The van der Waals surface area contributed by atoms with E-state index in [-0.39, 0.29) is 0 Å². The number of furan rings is 1. The Labute approximate surface area is 330 Å². The lowest BCUT2D eigenvalue weighted by molar-refractivity contribution is 0.669. The number of aromatic nitrogens is 4. The van der Waals surface area contributed by atoms with Gasteiger partial charge in [0.25, 0.3) is 0 Å². The van der Waals surface area contributed by atoms with Crippen LogP contribution in [0.25, 0.3) is 115 Å². The molecule has 4 heterocycles. The third-order valence-electron chi connectivity index (χ3n) is 11.1. The van der Waals surface area contributed by atoms with Gasteiger partial charge < -0.3 is 8.98 Å². The predicted octanol–water partition coefficient (Wildman–Crippen LogP) is 13.9. The van der Waals surface area contributed by atoms with Gasteiger partial charge >= 0.3 is 0 Å². The van der Waals surface area contributed by atoms with E-state index in [1.165, 1.54) is 36.5 Å². The minimum Gasteiger partial charge on any atom is -0.456 e. The highest BCUT2D eigenvalue weighted by atomic mass is 32.1. The van der Waals surface area contributed by atoms with Gasteiger partial charge in [-0.15, -0.1) is 11.3 Å². The number of para-hydroxylation sites is 2. The number of hydrogen-bond acceptors (Lipinski definition) is 5. The summed E-state index contributed by atoms with van der Waals surface area (Å²) in [7, 11) is 0. The van der Waals surface area contributed by atoms with E-state index in [1.807, 2.05) is 84.1 Å². The Balaban J connectivity index is 1.20. The van der Waals surface area contributed by atoms with Crippen LogP contribution in [-0.4, -0.2) is 19.5 Å². The van der Waals surface area contributed by atoms with Gasteiger partial charge in [0.15, 0.2) is 17.5 Å². The molecule has 5 nitrogen and oxygen atoms in total. The molecule has 12 aromatic rings. The molecule has 0 N–H and O–H groups in total. The van der Waals surface area contributed by atoms with Crippen LogP contribution in [0.4, 0.5) is 0 Å². The van der Waals surface area contributed by atoms with Gasteiger partial charge in [-0.1, -0.05) is 146 Å². The lowest BCUT2D eigenvalue weighted by Gasteiger charge is -2.16. The smallest absolute Gasteiger partial charge is 0.166 e. The van der Waals surface area contributed by atoms with Crippen molar-refractivity contribution >= 4 is 75.3 Å². The fourth-order valence-electron chi connectivity index (χ4n) is 8.51. The summed E-state index contributed by atoms with van der Waals surface area (Å²) in [6.45, 7) is 0. The second-order valence-electron chi connectivity index (χ2n) is 14.3. The van der Waals surface area contributed by atoms with Gasteiger partial charge in [0, 0.05) is 52.8 Å². The molecule has 0 radical (unpaired) electrons. The Morgan fingerprint density at radius 2 is 1.05 bits per heavy atom. The lowest BCUT2D eigenvalue weighted by Crippen LogP contribution is -2.04. The Kier molecular flexibility index (Phi) is 7.03. The second kappa shape index (κ2) is 12.6. The van der Waals surface area contributed by atoms with Crippen molar-refractivity contribution in [2.75, 3.05) is 0 Å². The van der Waals surface area contributed by atoms with Crippen LogP contribution < -0.4 is 0 Å². The normalized spacial score (nSPS) is 11.9. The summed E-state index contributed by atoms with van der Waals surface area (Å²) in [5.41, 5.74) is 9.85. The predicted molar refractivity (Wildman–Crippen MR) is 236 cm³/mol.